The fraction of sp³-hybridized carbons (Fsp3) is 0.286. The molecular weight excluding hydrogens is 306 g/mol. The number of hydrogen-bond donors (Lipinski definition) is 1. The molecule has 0 aliphatic heterocycles. The smallest absolute Gasteiger partial charge is 0.351 e. The molecule has 0 spiro atoms. The Labute approximate surface area is 133 Å². The Morgan fingerprint density at radius 1 is 1.27 bits per heavy atom. The molecule has 0 fully saturated rings. The second kappa shape index (κ2) is 7.04. The molecule has 2 rings (SSSR count). The molecule has 116 valence electrons. The Bertz CT molecular complexity index is 676. The van der Waals surface area contributed by atoms with Crippen LogP contribution in [0.3, 0.4) is 0 Å². The van der Waals surface area contributed by atoms with Gasteiger partial charge in [-0.25, -0.2) is 9.97 Å². The molecule has 8 heteroatoms. The van der Waals surface area contributed by atoms with E-state index in [2.05, 4.69) is 15.3 Å². The van der Waals surface area contributed by atoms with Crippen LogP contribution in [0.15, 0.2) is 30.6 Å². The summed E-state index contributed by atoms with van der Waals surface area (Å²) < 4.78 is 0. The highest BCUT2D eigenvalue weighted by Crippen LogP contribution is 2.34. The zero-order valence-electron chi connectivity index (χ0n) is 12.3. The fourth-order valence-corrected chi connectivity index (χ4v) is 2.26. The van der Waals surface area contributed by atoms with Gasteiger partial charge in [-0.15, -0.1) is 0 Å². The van der Waals surface area contributed by atoms with E-state index >= 15 is 0 Å². The standard InChI is InChI=1S/C14H16ClN5O2/c1-3-19(4-2)14-12(20(21)22)13(16-9-17-14)18-11-8-6-5-7-10(11)15/h5-9H,3-4H2,1-2H3,(H,16,17,18). The number of aromatic nitrogens is 2. The normalized spacial score (nSPS) is 10.3. The van der Waals surface area contributed by atoms with Gasteiger partial charge >= 0.3 is 5.69 Å². The Kier molecular flexibility index (Phi) is 5.11. The molecule has 1 N–H and O–H groups in total. The first-order chi connectivity index (χ1) is 10.6. The minimum absolute atomic E-state index is 0.120. The van der Waals surface area contributed by atoms with Gasteiger partial charge in [0.2, 0.25) is 11.6 Å². The third-order valence-electron chi connectivity index (χ3n) is 3.18. The van der Waals surface area contributed by atoms with Crippen LogP contribution in [-0.4, -0.2) is 28.0 Å². The maximum absolute atomic E-state index is 11.5. The van der Waals surface area contributed by atoms with Crippen molar-refractivity contribution in [3.63, 3.8) is 0 Å². The second-order valence-corrected chi connectivity index (χ2v) is 4.84. The van der Waals surface area contributed by atoms with E-state index in [1.807, 2.05) is 13.8 Å². The predicted molar refractivity (Wildman–Crippen MR) is 87.0 cm³/mol. The molecule has 0 atom stereocenters. The second-order valence-electron chi connectivity index (χ2n) is 4.43. The summed E-state index contributed by atoms with van der Waals surface area (Å²) in [6.07, 6.45) is 1.31. The van der Waals surface area contributed by atoms with Crippen LogP contribution in [0.25, 0.3) is 0 Å². The minimum Gasteiger partial charge on any atom is -0.351 e. The highest BCUT2D eigenvalue weighted by Gasteiger charge is 2.26. The summed E-state index contributed by atoms with van der Waals surface area (Å²) in [5.74, 6) is 0.412. The summed E-state index contributed by atoms with van der Waals surface area (Å²) in [6, 6.07) is 6.99. The van der Waals surface area contributed by atoms with Crippen molar-refractivity contribution in [2.75, 3.05) is 23.3 Å². The molecule has 0 amide bonds. The summed E-state index contributed by atoms with van der Waals surface area (Å²) in [6.45, 7) is 5.05. The third kappa shape index (κ3) is 3.25. The van der Waals surface area contributed by atoms with E-state index in [0.717, 1.165) is 0 Å². The predicted octanol–water partition coefficient (Wildman–Crippen LogP) is 3.63. The van der Waals surface area contributed by atoms with Crippen molar-refractivity contribution in [3.8, 4) is 0 Å². The van der Waals surface area contributed by atoms with Gasteiger partial charge in [-0.3, -0.25) is 10.1 Å². The van der Waals surface area contributed by atoms with E-state index < -0.39 is 4.92 Å². The number of hydrogen-bond acceptors (Lipinski definition) is 6. The van der Waals surface area contributed by atoms with Crippen LogP contribution in [-0.2, 0) is 0 Å². The fourth-order valence-electron chi connectivity index (χ4n) is 2.07. The molecule has 22 heavy (non-hydrogen) atoms. The number of rotatable bonds is 6. The SMILES string of the molecule is CCN(CC)c1ncnc(Nc2ccccc2Cl)c1[N+](=O)[O-]. The average Bonchev–Trinajstić information content (AvgIpc) is 2.51. The van der Waals surface area contributed by atoms with Crippen LogP contribution in [0.2, 0.25) is 5.02 Å². The summed E-state index contributed by atoms with van der Waals surface area (Å²) in [7, 11) is 0. The van der Waals surface area contributed by atoms with Crippen molar-refractivity contribution in [1.29, 1.82) is 0 Å². The summed E-state index contributed by atoms with van der Waals surface area (Å²) >= 11 is 6.08. The number of nitrogens with one attached hydrogen (secondary N) is 1. The Morgan fingerprint density at radius 3 is 2.55 bits per heavy atom. The number of nitro groups is 1. The number of nitrogens with zero attached hydrogens (tertiary/aromatic N) is 4. The first-order valence-electron chi connectivity index (χ1n) is 6.84. The molecular formula is C14H16ClN5O2. The number of anilines is 3. The number of halogens is 1. The van der Waals surface area contributed by atoms with Crippen molar-refractivity contribution < 1.29 is 4.92 Å². The van der Waals surface area contributed by atoms with Crippen molar-refractivity contribution in [3.05, 3.63) is 45.7 Å². The van der Waals surface area contributed by atoms with E-state index in [4.69, 9.17) is 11.6 Å². The molecule has 0 radical (unpaired) electrons. The summed E-state index contributed by atoms with van der Waals surface area (Å²) in [4.78, 5) is 20.9. The molecule has 2 aromatic rings. The van der Waals surface area contributed by atoms with Crippen LogP contribution >= 0.6 is 11.6 Å². The van der Waals surface area contributed by atoms with Gasteiger partial charge in [0.15, 0.2) is 0 Å². The Morgan fingerprint density at radius 2 is 1.95 bits per heavy atom. The maximum Gasteiger partial charge on any atom is 0.353 e. The largest absolute Gasteiger partial charge is 0.353 e. The molecule has 1 aromatic carbocycles. The van der Waals surface area contributed by atoms with Gasteiger partial charge in [-0.05, 0) is 26.0 Å². The topological polar surface area (TPSA) is 84.2 Å². The zero-order valence-corrected chi connectivity index (χ0v) is 13.0. The lowest BCUT2D eigenvalue weighted by Crippen LogP contribution is -2.24. The van der Waals surface area contributed by atoms with Crippen LogP contribution < -0.4 is 10.2 Å². The molecule has 0 aliphatic rings. The van der Waals surface area contributed by atoms with Gasteiger partial charge in [0.1, 0.15) is 6.33 Å². The molecule has 0 unspecified atom stereocenters. The minimum atomic E-state index is -0.479. The first-order valence-corrected chi connectivity index (χ1v) is 7.22. The van der Waals surface area contributed by atoms with Gasteiger partial charge in [0, 0.05) is 13.1 Å². The van der Waals surface area contributed by atoms with Crippen molar-refractivity contribution in [2.24, 2.45) is 0 Å². The van der Waals surface area contributed by atoms with Gasteiger partial charge in [-0.1, -0.05) is 23.7 Å². The first kappa shape index (κ1) is 16.0. The Balaban J connectivity index is 2.50. The molecule has 7 nitrogen and oxygen atoms in total. The maximum atomic E-state index is 11.5. The van der Waals surface area contributed by atoms with E-state index in [1.165, 1.54) is 6.33 Å². The molecule has 0 saturated carbocycles. The van der Waals surface area contributed by atoms with Crippen molar-refractivity contribution in [1.82, 2.24) is 9.97 Å². The van der Waals surface area contributed by atoms with E-state index in [9.17, 15) is 10.1 Å². The van der Waals surface area contributed by atoms with Crippen LogP contribution in [0, 0.1) is 10.1 Å². The van der Waals surface area contributed by atoms with E-state index in [0.29, 0.717) is 29.6 Å². The number of benzene rings is 1. The van der Waals surface area contributed by atoms with E-state index in [1.54, 1.807) is 29.2 Å². The molecule has 0 saturated heterocycles. The summed E-state index contributed by atoms with van der Waals surface area (Å²) in [5.41, 5.74) is 0.391. The van der Waals surface area contributed by atoms with Crippen LogP contribution in [0.1, 0.15) is 13.8 Å². The van der Waals surface area contributed by atoms with Gasteiger partial charge in [-0.2, -0.15) is 0 Å². The quantitative estimate of drug-likeness (QED) is 0.646. The van der Waals surface area contributed by atoms with Gasteiger partial charge in [0.25, 0.3) is 0 Å². The van der Waals surface area contributed by atoms with Crippen LogP contribution in [0.4, 0.5) is 23.0 Å². The lowest BCUT2D eigenvalue weighted by molar-refractivity contribution is -0.383. The lowest BCUT2D eigenvalue weighted by Gasteiger charge is -2.20. The highest BCUT2D eigenvalue weighted by atomic mass is 35.5. The molecule has 0 aliphatic carbocycles. The van der Waals surface area contributed by atoms with Gasteiger partial charge in [0.05, 0.1) is 15.6 Å². The van der Waals surface area contributed by atoms with E-state index in [-0.39, 0.29) is 11.5 Å². The third-order valence-corrected chi connectivity index (χ3v) is 3.51. The molecule has 1 aromatic heterocycles. The van der Waals surface area contributed by atoms with Crippen molar-refractivity contribution >= 4 is 34.6 Å². The number of para-hydroxylation sites is 1. The highest BCUT2D eigenvalue weighted by molar-refractivity contribution is 6.33. The Hall–Kier alpha value is -2.41. The monoisotopic (exact) mass is 321 g/mol. The molecule has 0 bridgehead atoms. The lowest BCUT2D eigenvalue weighted by atomic mass is 10.3. The molecule has 1 heterocycles. The van der Waals surface area contributed by atoms with Gasteiger partial charge < -0.3 is 10.2 Å². The summed E-state index contributed by atoms with van der Waals surface area (Å²) in [5, 5.41) is 14.9. The van der Waals surface area contributed by atoms with Crippen molar-refractivity contribution in [2.45, 2.75) is 13.8 Å². The average molecular weight is 322 g/mol. The van der Waals surface area contributed by atoms with Crippen LogP contribution in [0.5, 0.6) is 0 Å². The zero-order chi connectivity index (χ0) is 16.1.